The first kappa shape index (κ1) is 36.7. The topological polar surface area (TPSA) is 141 Å². The molecule has 0 radical (unpaired) electrons. The standard InChI is InChI=1S/C36H42N2O8S2/c1-28(39)37(30-15-7-6-8-16-30)22-10-5-4-9-17-34-36(2,3)35-32-27-31(46-24-12-14-26-48(43,44)45)20-18-29(32)19-21-33(35)38(34)23-11-13-25-47(40,41)42/h4-10,15-22,27H,11-14,23-26H2,1-3H3,(H-,40,41,42,43,44,45)/p+1. The van der Waals surface area contributed by atoms with Gasteiger partial charge in [0.1, 0.15) is 12.3 Å². The molecular formula is C36H43N2O8S2+. The molecule has 0 fully saturated rings. The third kappa shape index (κ3) is 9.96. The Balaban J connectivity index is 1.60. The van der Waals surface area contributed by atoms with E-state index in [1.807, 2.05) is 78.9 Å². The number of anilines is 1. The Labute approximate surface area is 283 Å². The Bertz CT molecular complexity index is 1960. The molecule has 48 heavy (non-hydrogen) atoms. The predicted molar refractivity (Wildman–Crippen MR) is 191 cm³/mol. The maximum atomic E-state index is 12.2. The number of nitrogens with zero attached hydrogens (tertiary/aromatic N) is 2. The van der Waals surface area contributed by atoms with Gasteiger partial charge in [0.05, 0.1) is 23.5 Å². The molecule has 0 unspecified atom stereocenters. The second kappa shape index (κ2) is 15.9. The van der Waals surface area contributed by atoms with Crippen LogP contribution in [0.5, 0.6) is 5.75 Å². The number of para-hydroxylation sites is 1. The monoisotopic (exact) mass is 695 g/mol. The molecule has 0 aliphatic carbocycles. The minimum absolute atomic E-state index is 0.106. The predicted octanol–water partition coefficient (Wildman–Crippen LogP) is 6.61. The molecule has 0 bridgehead atoms. The van der Waals surface area contributed by atoms with Crippen LogP contribution in [-0.4, -0.2) is 66.8 Å². The number of amides is 1. The van der Waals surface area contributed by atoms with Crippen LogP contribution in [-0.2, 0) is 30.4 Å². The van der Waals surface area contributed by atoms with E-state index >= 15 is 0 Å². The molecule has 1 amide bonds. The molecule has 256 valence electrons. The maximum absolute atomic E-state index is 12.2. The fourth-order valence-corrected chi connectivity index (χ4v) is 7.03. The van der Waals surface area contributed by atoms with E-state index in [9.17, 15) is 26.2 Å². The molecule has 0 saturated heterocycles. The highest BCUT2D eigenvalue weighted by molar-refractivity contribution is 7.86. The van der Waals surface area contributed by atoms with Gasteiger partial charge < -0.3 is 4.74 Å². The summed E-state index contributed by atoms with van der Waals surface area (Å²) in [5.41, 5.74) is 3.42. The Morgan fingerprint density at radius 2 is 1.50 bits per heavy atom. The third-order valence-electron chi connectivity index (χ3n) is 8.11. The van der Waals surface area contributed by atoms with Gasteiger partial charge in [-0.15, -0.1) is 0 Å². The molecule has 1 aliphatic rings. The highest BCUT2D eigenvalue weighted by Crippen LogP contribution is 2.45. The molecule has 1 aliphatic heterocycles. The molecule has 0 spiro atoms. The molecule has 2 N–H and O–H groups in total. The normalized spacial score (nSPS) is 14.9. The minimum Gasteiger partial charge on any atom is -0.494 e. The highest BCUT2D eigenvalue weighted by Gasteiger charge is 2.45. The van der Waals surface area contributed by atoms with E-state index in [0.717, 1.165) is 33.4 Å². The maximum Gasteiger partial charge on any atom is 0.264 e. The Morgan fingerprint density at radius 1 is 0.854 bits per heavy atom. The van der Waals surface area contributed by atoms with Crippen LogP contribution in [0.3, 0.4) is 0 Å². The SMILES string of the molecule is CC(=O)N(/C=C/C=C/C=C/C1=[N+](CCCCS(=O)(=O)O)c2ccc3ccc(OCCCCS(=O)(=O)O)cc3c2C1(C)C)c1ccccc1. The van der Waals surface area contributed by atoms with Gasteiger partial charge in [-0.1, -0.05) is 42.5 Å². The lowest BCUT2D eigenvalue weighted by molar-refractivity contribution is -0.438. The van der Waals surface area contributed by atoms with Crippen LogP contribution in [0, 0.1) is 0 Å². The van der Waals surface area contributed by atoms with Gasteiger partial charge in [-0.05, 0) is 80.3 Å². The van der Waals surface area contributed by atoms with E-state index in [2.05, 4.69) is 24.5 Å². The molecule has 3 aromatic carbocycles. The average molecular weight is 696 g/mol. The van der Waals surface area contributed by atoms with Crippen molar-refractivity contribution in [2.24, 2.45) is 0 Å². The minimum atomic E-state index is -4.06. The smallest absolute Gasteiger partial charge is 0.264 e. The Kier molecular flexibility index (Phi) is 12.1. The fraction of sp³-hybridized carbons (Fsp3) is 0.333. The van der Waals surface area contributed by atoms with Gasteiger partial charge in [-0.3, -0.25) is 18.8 Å². The number of ether oxygens (including phenoxy) is 1. The van der Waals surface area contributed by atoms with Gasteiger partial charge in [-0.2, -0.15) is 21.4 Å². The van der Waals surface area contributed by atoms with Crippen LogP contribution < -0.4 is 9.64 Å². The lowest BCUT2D eigenvalue weighted by Gasteiger charge is -2.18. The highest BCUT2D eigenvalue weighted by atomic mass is 32.2. The first-order valence-electron chi connectivity index (χ1n) is 15.8. The van der Waals surface area contributed by atoms with Crippen molar-refractivity contribution in [2.45, 2.75) is 51.9 Å². The summed E-state index contributed by atoms with van der Waals surface area (Å²) < 4.78 is 71.1. The lowest BCUT2D eigenvalue weighted by atomic mass is 9.79. The van der Waals surface area contributed by atoms with Gasteiger partial charge in [0, 0.05) is 42.9 Å². The third-order valence-corrected chi connectivity index (χ3v) is 9.72. The second-order valence-electron chi connectivity index (χ2n) is 12.1. The zero-order valence-corrected chi connectivity index (χ0v) is 29.1. The van der Waals surface area contributed by atoms with Gasteiger partial charge in [-0.25, -0.2) is 0 Å². The van der Waals surface area contributed by atoms with Crippen molar-refractivity contribution >= 4 is 54.0 Å². The van der Waals surface area contributed by atoms with E-state index in [1.165, 1.54) is 6.92 Å². The summed E-state index contributed by atoms with van der Waals surface area (Å²) in [5.74, 6) is -0.0739. The number of unbranched alkanes of at least 4 members (excludes halogenated alkanes) is 2. The van der Waals surface area contributed by atoms with E-state index in [1.54, 1.807) is 17.2 Å². The summed E-state index contributed by atoms with van der Waals surface area (Å²) in [6.45, 7) is 6.63. The average Bonchev–Trinajstić information content (AvgIpc) is 3.23. The molecule has 1 heterocycles. The van der Waals surface area contributed by atoms with Crippen molar-refractivity contribution in [1.29, 1.82) is 0 Å². The van der Waals surface area contributed by atoms with Crippen molar-refractivity contribution < 1.29 is 40.0 Å². The van der Waals surface area contributed by atoms with Crippen molar-refractivity contribution in [1.82, 2.24) is 0 Å². The van der Waals surface area contributed by atoms with E-state index in [-0.39, 0.29) is 23.8 Å². The van der Waals surface area contributed by atoms with Crippen LogP contribution in [0.15, 0.2) is 97.2 Å². The van der Waals surface area contributed by atoms with Crippen LogP contribution in [0.4, 0.5) is 11.4 Å². The van der Waals surface area contributed by atoms with Crippen LogP contribution in [0.2, 0.25) is 0 Å². The second-order valence-corrected chi connectivity index (χ2v) is 15.3. The molecule has 10 nitrogen and oxygen atoms in total. The zero-order valence-electron chi connectivity index (χ0n) is 27.4. The Morgan fingerprint density at radius 3 is 2.17 bits per heavy atom. The summed E-state index contributed by atoms with van der Waals surface area (Å²) in [7, 11) is -8.06. The van der Waals surface area contributed by atoms with Crippen LogP contribution in [0.1, 0.15) is 52.0 Å². The molecule has 12 heteroatoms. The largest absolute Gasteiger partial charge is 0.494 e. The molecular weight excluding hydrogens is 653 g/mol. The summed E-state index contributed by atoms with van der Waals surface area (Å²) >= 11 is 0. The molecule has 0 atom stereocenters. The molecule has 0 aromatic heterocycles. The quantitative estimate of drug-likeness (QED) is 0.0738. The first-order chi connectivity index (χ1) is 22.7. The summed E-state index contributed by atoms with van der Waals surface area (Å²) in [4.78, 5) is 13.8. The summed E-state index contributed by atoms with van der Waals surface area (Å²) in [5, 5.41) is 2.03. The van der Waals surface area contributed by atoms with Crippen molar-refractivity contribution in [3.05, 3.63) is 103 Å². The van der Waals surface area contributed by atoms with Crippen molar-refractivity contribution in [3.8, 4) is 5.75 Å². The first-order valence-corrected chi connectivity index (χ1v) is 19.0. The molecule has 4 rings (SSSR count). The van der Waals surface area contributed by atoms with Crippen LogP contribution in [0.25, 0.3) is 10.8 Å². The molecule has 3 aromatic rings. The number of rotatable bonds is 16. The number of fused-ring (bicyclic) bond motifs is 3. The number of allylic oxidation sites excluding steroid dienone is 5. The number of carbonyl (C=O) groups is 1. The fourth-order valence-electron chi connectivity index (χ4n) is 5.90. The van der Waals surface area contributed by atoms with Gasteiger partial charge >= 0.3 is 0 Å². The van der Waals surface area contributed by atoms with Crippen LogP contribution >= 0.6 is 0 Å². The van der Waals surface area contributed by atoms with Crippen molar-refractivity contribution in [3.63, 3.8) is 0 Å². The van der Waals surface area contributed by atoms with Crippen molar-refractivity contribution in [2.75, 3.05) is 29.6 Å². The number of carbonyl (C=O) groups excluding carboxylic acids is 1. The number of benzene rings is 3. The number of hydrogen-bond acceptors (Lipinski definition) is 6. The van der Waals surface area contributed by atoms with Gasteiger partial charge in [0.15, 0.2) is 5.71 Å². The van der Waals surface area contributed by atoms with E-state index < -0.39 is 25.7 Å². The Hall–Kier alpha value is -4.10. The van der Waals surface area contributed by atoms with Gasteiger partial charge in [0.2, 0.25) is 11.6 Å². The number of hydrogen-bond donors (Lipinski definition) is 2. The summed E-state index contributed by atoms with van der Waals surface area (Å²) in [6.07, 6.45) is 12.8. The zero-order chi connectivity index (χ0) is 35.0. The van der Waals surface area contributed by atoms with E-state index in [0.29, 0.717) is 38.2 Å². The van der Waals surface area contributed by atoms with Gasteiger partial charge in [0.25, 0.3) is 20.2 Å². The summed E-state index contributed by atoms with van der Waals surface area (Å²) in [6, 6.07) is 19.3. The lowest BCUT2D eigenvalue weighted by Crippen LogP contribution is -2.28. The molecule has 0 saturated carbocycles. The van der Waals surface area contributed by atoms with E-state index in [4.69, 9.17) is 9.29 Å².